The molecule has 0 aliphatic heterocycles. The molecule has 0 aliphatic carbocycles. The molecule has 66 heavy (non-hydrogen) atoms. The third-order valence-electron chi connectivity index (χ3n) is 12.9. The van der Waals surface area contributed by atoms with E-state index < -0.39 is 6.10 Å². The van der Waals surface area contributed by atoms with E-state index in [0.717, 1.165) is 96.3 Å². The van der Waals surface area contributed by atoms with Gasteiger partial charge in [0.1, 0.15) is 13.2 Å². The number of ether oxygens (including phenoxy) is 3. The smallest absolute Gasteiger partial charge is 0.306 e. The fourth-order valence-corrected chi connectivity index (χ4v) is 8.58. The van der Waals surface area contributed by atoms with E-state index in [1.54, 1.807) is 0 Å². The summed E-state index contributed by atoms with van der Waals surface area (Å²) < 4.78 is 16.9. The third-order valence-corrected chi connectivity index (χ3v) is 12.9. The first-order valence-corrected chi connectivity index (χ1v) is 29.0. The second kappa shape index (κ2) is 55.2. The van der Waals surface area contributed by atoms with E-state index in [2.05, 4.69) is 57.2 Å². The summed E-state index contributed by atoms with van der Waals surface area (Å²) in [5.74, 6) is -0.871. The Labute approximate surface area is 410 Å². The maximum Gasteiger partial charge on any atom is 0.306 e. The molecule has 0 spiro atoms. The Morgan fingerprint density at radius 3 is 0.924 bits per heavy atom. The average molecular weight is 928 g/mol. The molecule has 6 heteroatoms. The molecule has 1 atom stereocenters. The van der Waals surface area contributed by atoms with E-state index >= 15 is 0 Å². The van der Waals surface area contributed by atoms with Gasteiger partial charge in [0.15, 0.2) is 6.10 Å². The normalized spacial score (nSPS) is 12.2. The summed E-state index contributed by atoms with van der Waals surface area (Å²) in [4.78, 5) is 38.1. The lowest BCUT2D eigenvalue weighted by atomic mass is 10.0. The van der Waals surface area contributed by atoms with Gasteiger partial charge in [-0.05, 0) is 51.4 Å². The minimum absolute atomic E-state index is 0.0743. The van der Waals surface area contributed by atoms with Crippen molar-refractivity contribution in [1.29, 1.82) is 0 Å². The zero-order valence-corrected chi connectivity index (χ0v) is 44.2. The topological polar surface area (TPSA) is 78.9 Å². The number of esters is 3. The highest BCUT2D eigenvalue weighted by atomic mass is 16.6. The third kappa shape index (κ3) is 52.6. The van der Waals surface area contributed by atoms with Gasteiger partial charge in [0.2, 0.25) is 0 Å². The summed E-state index contributed by atoms with van der Waals surface area (Å²) in [6.07, 6.45) is 65.6. The van der Waals surface area contributed by atoms with E-state index in [-0.39, 0.29) is 31.1 Å². The van der Waals surface area contributed by atoms with Gasteiger partial charge >= 0.3 is 17.9 Å². The molecular formula is C60H110O6. The largest absolute Gasteiger partial charge is 0.462 e. The van der Waals surface area contributed by atoms with Crippen molar-refractivity contribution < 1.29 is 28.6 Å². The van der Waals surface area contributed by atoms with Crippen molar-refractivity contribution in [3.05, 3.63) is 36.5 Å². The first kappa shape index (κ1) is 63.6. The molecule has 0 saturated carbocycles. The highest BCUT2D eigenvalue weighted by molar-refractivity contribution is 5.71. The SMILES string of the molecule is CC/C=C\C/C=C\C/C=C\CCCCCCCC(=O)OC(COC(=O)CCCCCCCCCCCCCCCCC)COC(=O)CCCCCCCCCCCCCCCCCCCC. The number of hydrogen-bond donors (Lipinski definition) is 0. The van der Waals surface area contributed by atoms with E-state index in [1.807, 2.05) is 0 Å². The molecule has 0 aliphatic rings. The van der Waals surface area contributed by atoms with Crippen LogP contribution in [0.4, 0.5) is 0 Å². The van der Waals surface area contributed by atoms with Crippen molar-refractivity contribution in [1.82, 2.24) is 0 Å². The second-order valence-electron chi connectivity index (χ2n) is 19.5. The number of allylic oxidation sites excluding steroid dienone is 6. The Hall–Kier alpha value is -2.37. The number of carbonyl (C=O) groups is 3. The van der Waals surface area contributed by atoms with Gasteiger partial charge in [-0.1, -0.05) is 276 Å². The Bertz CT molecular complexity index is 1110. The summed E-state index contributed by atoms with van der Waals surface area (Å²) in [7, 11) is 0. The van der Waals surface area contributed by atoms with Crippen LogP contribution < -0.4 is 0 Å². The lowest BCUT2D eigenvalue weighted by Gasteiger charge is -2.18. The number of rotatable bonds is 53. The first-order valence-electron chi connectivity index (χ1n) is 29.0. The van der Waals surface area contributed by atoms with Crippen LogP contribution in [0.2, 0.25) is 0 Å². The molecule has 0 saturated heterocycles. The van der Waals surface area contributed by atoms with Crippen molar-refractivity contribution in [2.24, 2.45) is 0 Å². The monoisotopic (exact) mass is 927 g/mol. The molecule has 0 aromatic carbocycles. The minimum atomic E-state index is -0.777. The fourth-order valence-electron chi connectivity index (χ4n) is 8.58. The van der Waals surface area contributed by atoms with Gasteiger partial charge in [0.25, 0.3) is 0 Å². The van der Waals surface area contributed by atoms with Crippen LogP contribution in [-0.2, 0) is 28.6 Å². The molecule has 1 unspecified atom stereocenters. The molecule has 0 aromatic heterocycles. The summed E-state index contributed by atoms with van der Waals surface area (Å²) >= 11 is 0. The summed E-state index contributed by atoms with van der Waals surface area (Å²) in [6, 6.07) is 0. The van der Waals surface area contributed by atoms with Crippen LogP contribution in [0, 0.1) is 0 Å². The second-order valence-corrected chi connectivity index (χ2v) is 19.5. The van der Waals surface area contributed by atoms with E-state index in [4.69, 9.17) is 14.2 Å². The van der Waals surface area contributed by atoms with Crippen molar-refractivity contribution in [3.8, 4) is 0 Å². The summed E-state index contributed by atoms with van der Waals surface area (Å²) in [5.41, 5.74) is 0. The minimum Gasteiger partial charge on any atom is -0.462 e. The number of carbonyl (C=O) groups excluding carboxylic acids is 3. The maximum absolute atomic E-state index is 12.8. The standard InChI is InChI=1S/C60H110O6/c1-4-7-10-13-16-19-22-25-28-29-30-33-35-38-41-44-47-50-53-59(62)65-56-57(66-60(63)54-51-48-45-42-39-36-32-27-24-21-18-15-12-9-6-3)55-64-58(61)52-49-46-43-40-37-34-31-26-23-20-17-14-11-8-5-2/h9,12,18,21,27,32,57H,4-8,10-11,13-17,19-20,22-26,28-31,33-56H2,1-3H3/b12-9-,21-18-,32-27-. The van der Waals surface area contributed by atoms with Gasteiger partial charge in [-0.2, -0.15) is 0 Å². The number of hydrogen-bond acceptors (Lipinski definition) is 6. The molecule has 0 N–H and O–H groups in total. The van der Waals surface area contributed by atoms with Crippen LogP contribution in [0.15, 0.2) is 36.5 Å². The Balaban J connectivity index is 4.34. The average Bonchev–Trinajstić information content (AvgIpc) is 3.31. The van der Waals surface area contributed by atoms with Crippen LogP contribution in [0.25, 0.3) is 0 Å². The predicted octanol–water partition coefficient (Wildman–Crippen LogP) is 19.3. The molecule has 386 valence electrons. The maximum atomic E-state index is 12.8. The van der Waals surface area contributed by atoms with E-state index in [1.165, 1.54) is 173 Å². The Morgan fingerprint density at radius 2 is 0.591 bits per heavy atom. The molecule has 0 bridgehead atoms. The van der Waals surface area contributed by atoms with Gasteiger partial charge in [-0.3, -0.25) is 14.4 Å². The van der Waals surface area contributed by atoms with Crippen LogP contribution in [-0.4, -0.2) is 37.2 Å². The molecule has 0 heterocycles. The van der Waals surface area contributed by atoms with Gasteiger partial charge < -0.3 is 14.2 Å². The highest BCUT2D eigenvalue weighted by Gasteiger charge is 2.19. The van der Waals surface area contributed by atoms with E-state index in [9.17, 15) is 14.4 Å². The van der Waals surface area contributed by atoms with Gasteiger partial charge in [0, 0.05) is 19.3 Å². The molecular weight excluding hydrogens is 817 g/mol. The Kier molecular flexibility index (Phi) is 53.2. The van der Waals surface area contributed by atoms with Gasteiger partial charge in [-0.25, -0.2) is 0 Å². The molecule has 0 fully saturated rings. The van der Waals surface area contributed by atoms with Gasteiger partial charge in [-0.15, -0.1) is 0 Å². The number of unbranched alkanes of at least 4 members (excludes halogenated alkanes) is 36. The van der Waals surface area contributed by atoms with Crippen LogP contribution >= 0.6 is 0 Å². The summed E-state index contributed by atoms with van der Waals surface area (Å²) in [6.45, 7) is 6.56. The predicted molar refractivity (Wildman–Crippen MR) is 284 cm³/mol. The summed E-state index contributed by atoms with van der Waals surface area (Å²) in [5, 5.41) is 0. The van der Waals surface area contributed by atoms with Crippen LogP contribution in [0.5, 0.6) is 0 Å². The lowest BCUT2D eigenvalue weighted by molar-refractivity contribution is -0.167. The zero-order valence-electron chi connectivity index (χ0n) is 44.2. The molecule has 6 nitrogen and oxygen atoms in total. The van der Waals surface area contributed by atoms with Crippen molar-refractivity contribution in [2.75, 3.05) is 13.2 Å². The van der Waals surface area contributed by atoms with Crippen LogP contribution in [0.1, 0.15) is 310 Å². The first-order chi connectivity index (χ1) is 32.5. The quantitative estimate of drug-likeness (QED) is 0.0262. The van der Waals surface area contributed by atoms with Gasteiger partial charge in [0.05, 0.1) is 0 Å². The van der Waals surface area contributed by atoms with Crippen molar-refractivity contribution in [3.63, 3.8) is 0 Å². The zero-order chi connectivity index (χ0) is 47.9. The molecule has 0 rings (SSSR count). The molecule has 0 amide bonds. The fraction of sp³-hybridized carbons (Fsp3) is 0.850. The van der Waals surface area contributed by atoms with Crippen molar-refractivity contribution >= 4 is 17.9 Å². The van der Waals surface area contributed by atoms with Crippen molar-refractivity contribution in [2.45, 2.75) is 316 Å². The lowest BCUT2D eigenvalue weighted by Crippen LogP contribution is -2.30. The molecule has 0 aromatic rings. The Morgan fingerprint density at radius 1 is 0.318 bits per heavy atom. The van der Waals surface area contributed by atoms with Crippen LogP contribution in [0.3, 0.4) is 0 Å². The highest BCUT2D eigenvalue weighted by Crippen LogP contribution is 2.17. The molecule has 0 radical (unpaired) electrons. The van der Waals surface area contributed by atoms with E-state index in [0.29, 0.717) is 19.3 Å².